The summed E-state index contributed by atoms with van der Waals surface area (Å²) < 4.78 is 0. The van der Waals surface area contributed by atoms with Gasteiger partial charge in [0.25, 0.3) is 0 Å². The van der Waals surface area contributed by atoms with Gasteiger partial charge in [0.15, 0.2) is 0 Å². The van der Waals surface area contributed by atoms with Crippen molar-refractivity contribution in [3.8, 4) is 0 Å². The Labute approximate surface area is 97.3 Å². The minimum absolute atomic E-state index is 0.445. The van der Waals surface area contributed by atoms with Crippen LogP contribution in [0.15, 0.2) is 12.2 Å². The Hall–Kier alpha value is -0.870. The molecule has 0 radical (unpaired) electrons. The molecule has 1 fully saturated rings. The average Bonchev–Trinajstić information content (AvgIpc) is 2.30. The summed E-state index contributed by atoms with van der Waals surface area (Å²) in [5.74, 6) is -0.741. The predicted octanol–water partition coefficient (Wildman–Crippen LogP) is 1.09. The summed E-state index contributed by atoms with van der Waals surface area (Å²) in [5.41, 5.74) is 0. The van der Waals surface area contributed by atoms with Gasteiger partial charge in [-0.05, 0) is 6.42 Å². The summed E-state index contributed by atoms with van der Waals surface area (Å²) in [4.78, 5) is 13.2. The number of unbranched alkanes of at least 4 members (excludes halogenated alkanes) is 2. The Bertz CT molecular complexity index is 235. The van der Waals surface area contributed by atoms with Gasteiger partial charge in [-0.1, -0.05) is 31.9 Å². The van der Waals surface area contributed by atoms with Crippen molar-refractivity contribution >= 4 is 5.97 Å². The van der Waals surface area contributed by atoms with Crippen LogP contribution in [0, 0.1) is 0 Å². The fraction of sp³-hybridized carbons (Fsp3) is 0.750. The number of carboxylic acid groups (broad SMARTS) is 1. The van der Waals surface area contributed by atoms with Crippen molar-refractivity contribution < 1.29 is 9.90 Å². The summed E-state index contributed by atoms with van der Waals surface area (Å²) in [6, 6.07) is -0.445. The van der Waals surface area contributed by atoms with Crippen LogP contribution in [0.5, 0.6) is 0 Å². The second-order valence-corrected chi connectivity index (χ2v) is 4.14. The zero-order valence-corrected chi connectivity index (χ0v) is 9.98. The molecule has 0 aromatic rings. The Morgan fingerprint density at radius 1 is 1.50 bits per heavy atom. The number of piperazine rings is 1. The molecule has 4 nitrogen and oxygen atoms in total. The molecule has 1 saturated heterocycles. The number of hydrogen-bond acceptors (Lipinski definition) is 3. The highest BCUT2D eigenvalue weighted by atomic mass is 16.4. The molecule has 1 aliphatic rings. The molecule has 1 atom stereocenters. The molecule has 0 bridgehead atoms. The van der Waals surface area contributed by atoms with Crippen LogP contribution in [-0.4, -0.2) is 48.2 Å². The molecular formula is C12H22N2O2. The molecule has 0 aromatic heterocycles. The predicted molar refractivity (Wildman–Crippen MR) is 64.5 cm³/mol. The lowest BCUT2D eigenvalue weighted by Crippen LogP contribution is -2.50. The number of aliphatic carboxylic acids is 1. The van der Waals surface area contributed by atoms with E-state index in [0.29, 0.717) is 0 Å². The van der Waals surface area contributed by atoms with Crippen LogP contribution in [0.1, 0.15) is 26.2 Å². The molecule has 0 spiro atoms. The van der Waals surface area contributed by atoms with Gasteiger partial charge in [0.2, 0.25) is 0 Å². The first-order valence-electron chi connectivity index (χ1n) is 6.10. The maximum atomic E-state index is 11.1. The van der Waals surface area contributed by atoms with Crippen LogP contribution in [0.4, 0.5) is 0 Å². The highest BCUT2D eigenvalue weighted by Crippen LogP contribution is 2.05. The van der Waals surface area contributed by atoms with E-state index in [1.807, 2.05) is 17.1 Å². The molecule has 0 aliphatic carbocycles. The Morgan fingerprint density at radius 2 is 2.19 bits per heavy atom. The number of hydrogen-bond donors (Lipinski definition) is 2. The molecule has 1 rings (SSSR count). The molecule has 92 valence electrons. The van der Waals surface area contributed by atoms with E-state index in [2.05, 4.69) is 12.2 Å². The molecule has 2 N–H and O–H groups in total. The number of carboxylic acids is 1. The average molecular weight is 226 g/mol. The Kier molecular flexibility index (Phi) is 6.11. The number of rotatable bonds is 6. The number of allylic oxidation sites excluding steroid dienone is 1. The van der Waals surface area contributed by atoms with Gasteiger partial charge in [-0.15, -0.1) is 0 Å². The van der Waals surface area contributed by atoms with E-state index >= 15 is 0 Å². The van der Waals surface area contributed by atoms with Gasteiger partial charge in [-0.2, -0.15) is 0 Å². The van der Waals surface area contributed by atoms with Gasteiger partial charge >= 0.3 is 5.97 Å². The maximum Gasteiger partial charge on any atom is 0.324 e. The smallest absolute Gasteiger partial charge is 0.324 e. The topological polar surface area (TPSA) is 52.6 Å². The van der Waals surface area contributed by atoms with E-state index < -0.39 is 12.0 Å². The van der Waals surface area contributed by atoms with E-state index in [1.54, 1.807) is 0 Å². The van der Waals surface area contributed by atoms with Crippen molar-refractivity contribution in [1.29, 1.82) is 0 Å². The van der Waals surface area contributed by atoms with Crippen LogP contribution < -0.4 is 5.32 Å². The first-order valence-corrected chi connectivity index (χ1v) is 6.10. The molecule has 16 heavy (non-hydrogen) atoms. The van der Waals surface area contributed by atoms with Crippen molar-refractivity contribution in [2.24, 2.45) is 0 Å². The fourth-order valence-electron chi connectivity index (χ4n) is 1.87. The second kappa shape index (κ2) is 7.41. The van der Waals surface area contributed by atoms with Crippen molar-refractivity contribution in [2.45, 2.75) is 32.2 Å². The highest BCUT2D eigenvalue weighted by molar-refractivity contribution is 5.75. The van der Waals surface area contributed by atoms with E-state index in [9.17, 15) is 4.79 Å². The summed E-state index contributed by atoms with van der Waals surface area (Å²) in [5, 5.41) is 12.4. The van der Waals surface area contributed by atoms with Crippen LogP contribution in [-0.2, 0) is 4.79 Å². The van der Waals surface area contributed by atoms with Gasteiger partial charge in [0.05, 0.1) is 0 Å². The van der Waals surface area contributed by atoms with Crippen LogP contribution in [0.3, 0.4) is 0 Å². The molecular weight excluding hydrogens is 204 g/mol. The summed E-state index contributed by atoms with van der Waals surface area (Å²) in [7, 11) is 0. The lowest BCUT2D eigenvalue weighted by molar-refractivity contribution is -0.141. The molecule has 0 amide bonds. The maximum absolute atomic E-state index is 11.1. The minimum atomic E-state index is -0.741. The van der Waals surface area contributed by atoms with Crippen molar-refractivity contribution in [3.63, 3.8) is 0 Å². The first-order chi connectivity index (χ1) is 7.75. The van der Waals surface area contributed by atoms with Crippen LogP contribution in [0.2, 0.25) is 0 Å². The van der Waals surface area contributed by atoms with Gasteiger partial charge in [-0.3, -0.25) is 9.69 Å². The third-order valence-electron chi connectivity index (χ3n) is 2.84. The van der Waals surface area contributed by atoms with E-state index in [-0.39, 0.29) is 0 Å². The standard InChI is InChI=1S/C12H22N2O2/c1-2-3-4-5-6-11(12(15)16)14-9-7-13-8-10-14/h5-6,11,13H,2-4,7-10H2,1H3,(H,15,16)/b6-5+. The zero-order valence-electron chi connectivity index (χ0n) is 9.98. The second-order valence-electron chi connectivity index (χ2n) is 4.14. The van der Waals surface area contributed by atoms with Crippen molar-refractivity contribution in [3.05, 3.63) is 12.2 Å². The molecule has 0 saturated carbocycles. The van der Waals surface area contributed by atoms with Gasteiger partial charge in [0.1, 0.15) is 6.04 Å². The lowest BCUT2D eigenvalue weighted by atomic mass is 10.1. The third kappa shape index (κ3) is 4.33. The SMILES string of the molecule is CCCC/C=C/C(C(=O)O)N1CCNCC1. The fourth-order valence-corrected chi connectivity index (χ4v) is 1.87. The van der Waals surface area contributed by atoms with Gasteiger partial charge in [0, 0.05) is 26.2 Å². The van der Waals surface area contributed by atoms with Crippen molar-refractivity contribution in [2.75, 3.05) is 26.2 Å². The zero-order chi connectivity index (χ0) is 11.8. The lowest BCUT2D eigenvalue weighted by Gasteiger charge is -2.30. The number of nitrogens with zero attached hydrogens (tertiary/aromatic N) is 1. The molecule has 1 heterocycles. The number of carbonyl (C=O) groups is 1. The van der Waals surface area contributed by atoms with E-state index in [4.69, 9.17) is 5.11 Å². The highest BCUT2D eigenvalue weighted by Gasteiger charge is 2.23. The first kappa shape index (κ1) is 13.2. The quantitative estimate of drug-likeness (QED) is 0.526. The van der Waals surface area contributed by atoms with E-state index in [0.717, 1.165) is 45.4 Å². The molecule has 4 heteroatoms. The largest absolute Gasteiger partial charge is 0.480 e. The Morgan fingerprint density at radius 3 is 2.75 bits per heavy atom. The Balaban J connectivity index is 2.45. The van der Waals surface area contributed by atoms with E-state index in [1.165, 1.54) is 0 Å². The molecule has 1 aliphatic heterocycles. The molecule has 0 aromatic carbocycles. The normalized spacial score (nSPS) is 20.1. The van der Waals surface area contributed by atoms with Gasteiger partial charge < -0.3 is 10.4 Å². The molecule has 1 unspecified atom stereocenters. The number of nitrogens with one attached hydrogen (secondary N) is 1. The van der Waals surface area contributed by atoms with Crippen molar-refractivity contribution in [1.82, 2.24) is 10.2 Å². The monoisotopic (exact) mass is 226 g/mol. The summed E-state index contributed by atoms with van der Waals surface area (Å²) >= 11 is 0. The third-order valence-corrected chi connectivity index (χ3v) is 2.84. The minimum Gasteiger partial charge on any atom is -0.480 e. The summed E-state index contributed by atoms with van der Waals surface area (Å²) in [6.45, 7) is 5.53. The van der Waals surface area contributed by atoms with Crippen LogP contribution in [0.25, 0.3) is 0 Å². The van der Waals surface area contributed by atoms with Crippen LogP contribution >= 0.6 is 0 Å². The van der Waals surface area contributed by atoms with Gasteiger partial charge in [-0.25, -0.2) is 0 Å². The summed E-state index contributed by atoms with van der Waals surface area (Å²) in [6.07, 6.45) is 7.10.